The fourth-order valence-electron chi connectivity index (χ4n) is 2.49. The lowest BCUT2D eigenvalue weighted by atomic mass is 10.1. The van der Waals surface area contributed by atoms with Gasteiger partial charge in [-0.15, -0.1) is 0 Å². The summed E-state index contributed by atoms with van der Waals surface area (Å²) in [6.07, 6.45) is 2.23. The predicted molar refractivity (Wildman–Crippen MR) is 71.6 cm³/mol. The standard InChI is InChI=1S/C15H20N2O/c1-3-7-17(8-6-16)11-14-10-13-9-12(2)4-5-15(13)18-14/h4-5,9,14H,3,7-8,10-11H2,1-2H3. The molecule has 0 aliphatic carbocycles. The Hall–Kier alpha value is -1.53. The van der Waals surface area contributed by atoms with Crippen molar-refractivity contribution in [3.05, 3.63) is 29.3 Å². The molecule has 0 spiro atoms. The number of rotatable bonds is 5. The Labute approximate surface area is 109 Å². The van der Waals surface area contributed by atoms with E-state index in [1.54, 1.807) is 0 Å². The summed E-state index contributed by atoms with van der Waals surface area (Å²) in [5.41, 5.74) is 2.58. The zero-order valence-electron chi connectivity index (χ0n) is 11.1. The average molecular weight is 244 g/mol. The van der Waals surface area contributed by atoms with E-state index in [1.165, 1.54) is 11.1 Å². The van der Waals surface area contributed by atoms with E-state index < -0.39 is 0 Å². The molecule has 0 amide bonds. The summed E-state index contributed by atoms with van der Waals surface area (Å²) in [4.78, 5) is 2.17. The normalized spacial score (nSPS) is 17.3. The SMILES string of the molecule is CCCN(CC#N)CC1Cc2cc(C)ccc2O1. The van der Waals surface area contributed by atoms with Crippen molar-refractivity contribution >= 4 is 0 Å². The molecule has 1 unspecified atom stereocenters. The summed E-state index contributed by atoms with van der Waals surface area (Å²) in [6, 6.07) is 8.56. The lowest BCUT2D eigenvalue weighted by molar-refractivity contribution is 0.160. The minimum atomic E-state index is 0.196. The fraction of sp³-hybridized carbons (Fsp3) is 0.533. The molecule has 18 heavy (non-hydrogen) atoms. The van der Waals surface area contributed by atoms with E-state index in [0.29, 0.717) is 6.54 Å². The molecular weight excluding hydrogens is 224 g/mol. The van der Waals surface area contributed by atoms with Crippen LogP contribution in [0, 0.1) is 18.3 Å². The predicted octanol–water partition coefficient (Wildman–Crippen LogP) is 2.53. The molecule has 1 aliphatic heterocycles. The molecule has 0 saturated heterocycles. The van der Waals surface area contributed by atoms with Crippen LogP contribution in [-0.2, 0) is 6.42 Å². The zero-order chi connectivity index (χ0) is 13.0. The highest BCUT2D eigenvalue weighted by Crippen LogP contribution is 2.29. The Morgan fingerprint density at radius 3 is 3.06 bits per heavy atom. The van der Waals surface area contributed by atoms with Crippen LogP contribution in [0.3, 0.4) is 0 Å². The van der Waals surface area contributed by atoms with Crippen LogP contribution in [0.25, 0.3) is 0 Å². The van der Waals surface area contributed by atoms with E-state index >= 15 is 0 Å². The van der Waals surface area contributed by atoms with Gasteiger partial charge in [-0.25, -0.2) is 0 Å². The van der Waals surface area contributed by atoms with Crippen molar-refractivity contribution in [2.75, 3.05) is 19.6 Å². The van der Waals surface area contributed by atoms with Crippen LogP contribution in [0.2, 0.25) is 0 Å². The topological polar surface area (TPSA) is 36.3 Å². The lowest BCUT2D eigenvalue weighted by Crippen LogP contribution is -2.35. The molecule has 0 radical (unpaired) electrons. The van der Waals surface area contributed by atoms with E-state index in [4.69, 9.17) is 10.00 Å². The first kappa shape index (κ1) is 12.9. The largest absolute Gasteiger partial charge is 0.488 e. The molecule has 1 aliphatic rings. The van der Waals surface area contributed by atoms with E-state index in [-0.39, 0.29) is 6.10 Å². The number of nitriles is 1. The van der Waals surface area contributed by atoms with E-state index in [0.717, 1.165) is 31.7 Å². The van der Waals surface area contributed by atoms with Crippen LogP contribution >= 0.6 is 0 Å². The first-order valence-corrected chi connectivity index (χ1v) is 6.58. The van der Waals surface area contributed by atoms with E-state index in [1.807, 2.05) is 0 Å². The highest BCUT2D eigenvalue weighted by molar-refractivity contribution is 5.40. The lowest BCUT2D eigenvalue weighted by Gasteiger charge is -2.21. The fourth-order valence-corrected chi connectivity index (χ4v) is 2.49. The van der Waals surface area contributed by atoms with Gasteiger partial charge in [-0.1, -0.05) is 24.6 Å². The highest BCUT2D eigenvalue weighted by Gasteiger charge is 2.24. The summed E-state index contributed by atoms with van der Waals surface area (Å²) in [7, 11) is 0. The summed E-state index contributed by atoms with van der Waals surface area (Å²) < 4.78 is 5.93. The highest BCUT2D eigenvalue weighted by atomic mass is 16.5. The Balaban J connectivity index is 1.96. The van der Waals surface area contributed by atoms with Crippen LogP contribution in [-0.4, -0.2) is 30.6 Å². The number of aryl methyl sites for hydroxylation is 1. The smallest absolute Gasteiger partial charge is 0.123 e. The Morgan fingerprint density at radius 1 is 1.50 bits per heavy atom. The molecule has 3 nitrogen and oxygen atoms in total. The van der Waals surface area contributed by atoms with Gasteiger partial charge >= 0.3 is 0 Å². The number of benzene rings is 1. The van der Waals surface area contributed by atoms with Crippen molar-refractivity contribution in [3.63, 3.8) is 0 Å². The van der Waals surface area contributed by atoms with Gasteiger partial charge in [0.2, 0.25) is 0 Å². The van der Waals surface area contributed by atoms with Gasteiger partial charge in [-0.05, 0) is 31.5 Å². The molecule has 0 aromatic heterocycles. The number of hydrogen-bond acceptors (Lipinski definition) is 3. The van der Waals surface area contributed by atoms with Crippen LogP contribution in [0.1, 0.15) is 24.5 Å². The molecule has 2 rings (SSSR count). The molecule has 1 aromatic rings. The molecule has 0 N–H and O–H groups in total. The first-order valence-electron chi connectivity index (χ1n) is 6.58. The quantitative estimate of drug-likeness (QED) is 0.747. The van der Waals surface area contributed by atoms with E-state index in [9.17, 15) is 0 Å². The van der Waals surface area contributed by atoms with Gasteiger partial charge in [-0.2, -0.15) is 5.26 Å². The second-order valence-corrected chi connectivity index (χ2v) is 4.95. The Bertz CT molecular complexity index is 450. The average Bonchev–Trinajstić information content (AvgIpc) is 2.71. The van der Waals surface area contributed by atoms with Gasteiger partial charge in [0.15, 0.2) is 0 Å². The van der Waals surface area contributed by atoms with Crippen molar-refractivity contribution in [2.24, 2.45) is 0 Å². The Kier molecular flexibility index (Phi) is 4.22. The molecule has 3 heteroatoms. The van der Waals surface area contributed by atoms with Gasteiger partial charge in [0, 0.05) is 13.0 Å². The summed E-state index contributed by atoms with van der Waals surface area (Å²) in [5.74, 6) is 1.01. The third-order valence-electron chi connectivity index (χ3n) is 3.25. The van der Waals surface area contributed by atoms with Crippen LogP contribution in [0.4, 0.5) is 0 Å². The maximum atomic E-state index is 8.81. The summed E-state index contributed by atoms with van der Waals surface area (Å²) >= 11 is 0. The molecular formula is C15H20N2O. The molecule has 96 valence electrons. The van der Waals surface area contributed by atoms with Crippen molar-refractivity contribution in [1.29, 1.82) is 5.26 Å². The van der Waals surface area contributed by atoms with Gasteiger partial charge in [-0.3, -0.25) is 4.90 Å². The van der Waals surface area contributed by atoms with E-state index in [2.05, 4.69) is 43.0 Å². The maximum Gasteiger partial charge on any atom is 0.123 e. The van der Waals surface area contributed by atoms with Crippen LogP contribution < -0.4 is 4.74 Å². The number of ether oxygens (including phenoxy) is 1. The van der Waals surface area contributed by atoms with Crippen molar-refractivity contribution in [3.8, 4) is 11.8 Å². The third kappa shape index (κ3) is 3.02. The maximum absolute atomic E-state index is 8.81. The minimum absolute atomic E-state index is 0.196. The second-order valence-electron chi connectivity index (χ2n) is 4.95. The molecule has 1 heterocycles. The monoisotopic (exact) mass is 244 g/mol. The van der Waals surface area contributed by atoms with Crippen molar-refractivity contribution in [1.82, 2.24) is 4.90 Å². The van der Waals surface area contributed by atoms with Gasteiger partial charge < -0.3 is 4.74 Å². The molecule has 1 aromatic carbocycles. The minimum Gasteiger partial charge on any atom is -0.488 e. The zero-order valence-corrected chi connectivity index (χ0v) is 11.1. The molecule has 0 saturated carbocycles. The summed E-state index contributed by atoms with van der Waals surface area (Å²) in [5, 5.41) is 8.81. The van der Waals surface area contributed by atoms with Gasteiger partial charge in [0.1, 0.15) is 11.9 Å². The number of fused-ring (bicyclic) bond motifs is 1. The molecule has 0 bridgehead atoms. The number of nitrogens with zero attached hydrogens (tertiary/aromatic N) is 2. The molecule has 1 atom stereocenters. The van der Waals surface area contributed by atoms with Crippen LogP contribution in [0.5, 0.6) is 5.75 Å². The third-order valence-corrected chi connectivity index (χ3v) is 3.25. The molecule has 0 fully saturated rings. The van der Waals surface area contributed by atoms with Gasteiger partial charge in [0.05, 0.1) is 12.6 Å². The first-order chi connectivity index (χ1) is 8.72. The second kappa shape index (κ2) is 5.88. The van der Waals surface area contributed by atoms with Crippen LogP contribution in [0.15, 0.2) is 18.2 Å². The summed E-state index contributed by atoms with van der Waals surface area (Å²) in [6.45, 7) is 6.53. The Morgan fingerprint density at radius 2 is 2.33 bits per heavy atom. The van der Waals surface area contributed by atoms with Crippen molar-refractivity contribution in [2.45, 2.75) is 32.8 Å². The van der Waals surface area contributed by atoms with Crippen molar-refractivity contribution < 1.29 is 4.74 Å². The number of hydrogen-bond donors (Lipinski definition) is 0. The van der Waals surface area contributed by atoms with Gasteiger partial charge in [0.25, 0.3) is 0 Å².